The molecule has 10 heteroatoms. The normalized spacial score (nSPS) is 14.3. The van der Waals surface area contributed by atoms with E-state index in [4.69, 9.17) is 24.5 Å². The molecule has 7 nitrogen and oxygen atoms in total. The van der Waals surface area contributed by atoms with Crippen molar-refractivity contribution < 1.29 is 33.8 Å². The third-order valence-corrected chi connectivity index (χ3v) is 4.96. The lowest BCUT2D eigenvalue weighted by molar-refractivity contribution is -0.114. The van der Waals surface area contributed by atoms with Gasteiger partial charge in [-0.3, -0.25) is 4.57 Å². The van der Waals surface area contributed by atoms with Crippen LogP contribution in [0.15, 0.2) is 24.3 Å². The molecule has 0 spiro atoms. The number of rotatable bonds is 4. The minimum Gasteiger partial charge on any atom is -0.324 e. The van der Waals surface area contributed by atoms with Gasteiger partial charge in [-0.2, -0.15) is 14.7 Å². The zero-order valence-electron chi connectivity index (χ0n) is 8.71. The summed E-state index contributed by atoms with van der Waals surface area (Å²) in [6.45, 7) is 0. The summed E-state index contributed by atoms with van der Waals surface area (Å²) in [5.41, 5.74) is -3.83. The third-order valence-electron chi connectivity index (χ3n) is 2.03. The predicted octanol–water partition coefficient (Wildman–Crippen LogP) is 0.776. The van der Waals surface area contributed by atoms with Crippen molar-refractivity contribution >= 4 is 43.7 Å². The molecule has 5 N–H and O–H groups in total. The van der Waals surface area contributed by atoms with E-state index in [1.165, 1.54) is 18.2 Å². The minimum absolute atomic E-state index is 0.0817. The summed E-state index contributed by atoms with van der Waals surface area (Å²) in [6.07, 6.45) is 0. The van der Waals surface area contributed by atoms with Crippen molar-refractivity contribution in [3.05, 3.63) is 33.4 Å². The molecule has 0 aliphatic heterocycles. The van der Waals surface area contributed by atoms with Crippen LogP contribution in [0.3, 0.4) is 0 Å². The molecule has 0 saturated carbocycles. The van der Waals surface area contributed by atoms with Crippen molar-refractivity contribution in [1.82, 2.24) is 0 Å². The summed E-state index contributed by atoms with van der Waals surface area (Å²) >= 11 is 1.87. The summed E-state index contributed by atoms with van der Waals surface area (Å²) in [6, 6.07) is 5.67. The molecule has 1 rings (SSSR count). The first-order valence-corrected chi connectivity index (χ1v) is 8.86. The highest BCUT2D eigenvalue weighted by Crippen LogP contribution is 2.61. The zero-order valence-corrected chi connectivity index (χ0v) is 12.7. The third kappa shape index (κ3) is 4.04. The summed E-state index contributed by atoms with van der Waals surface area (Å²) in [4.78, 5) is 56.4. The topological polar surface area (TPSA) is 135 Å². The van der Waals surface area contributed by atoms with Gasteiger partial charge in [-0.25, -0.2) is 4.79 Å². The highest BCUT2D eigenvalue weighted by Gasteiger charge is 2.54. The Labute approximate surface area is 116 Å². The van der Waals surface area contributed by atoms with Gasteiger partial charge >= 0.3 is 21.1 Å². The van der Waals surface area contributed by atoms with Crippen molar-refractivity contribution in [1.29, 1.82) is 0 Å². The predicted molar refractivity (Wildman–Crippen MR) is 72.5 cm³/mol. The second-order valence-electron chi connectivity index (χ2n) is 3.45. The van der Waals surface area contributed by atoms with Gasteiger partial charge in [-0.1, -0.05) is 12.1 Å². The number of carbonyl (C=O) groups excluding carboxylic acids is 1. The average molecular weight is 407 g/mol. The van der Waals surface area contributed by atoms with E-state index in [2.05, 4.69) is 0 Å². The summed E-state index contributed by atoms with van der Waals surface area (Å²) in [5.74, 6) is 0. The SMILES string of the molecule is O=C(C(c1cccc(I)c1)P(=O)(O)O)[P+](O)(O)O. The standard InChI is InChI=1S/C8H9IO7P2/c9-6-3-1-2-5(4-6)7(17(11,12)13)8(10)18(14,15)16/h1-4,7,14-16H,(H-,11,12,13)/p+1. The molecule has 0 radical (unpaired) electrons. The van der Waals surface area contributed by atoms with Crippen LogP contribution < -0.4 is 0 Å². The first-order valence-electron chi connectivity index (χ1n) is 4.46. The van der Waals surface area contributed by atoms with E-state index in [1.807, 2.05) is 22.6 Å². The van der Waals surface area contributed by atoms with Crippen LogP contribution in [0.2, 0.25) is 0 Å². The molecule has 1 unspecified atom stereocenters. The van der Waals surface area contributed by atoms with E-state index in [9.17, 15) is 9.36 Å². The second-order valence-corrected chi connectivity index (χ2v) is 7.97. The molecule has 0 saturated heterocycles. The van der Waals surface area contributed by atoms with E-state index in [0.29, 0.717) is 3.57 Å². The van der Waals surface area contributed by atoms with Gasteiger partial charge in [0.15, 0.2) is 5.66 Å². The summed E-state index contributed by atoms with van der Waals surface area (Å²) in [5, 5.41) is 0. The van der Waals surface area contributed by atoms with Crippen molar-refractivity contribution in [2.45, 2.75) is 5.66 Å². The molecule has 0 fully saturated rings. The van der Waals surface area contributed by atoms with Gasteiger partial charge in [0, 0.05) is 3.57 Å². The van der Waals surface area contributed by atoms with Gasteiger partial charge in [0.05, 0.1) is 0 Å². The van der Waals surface area contributed by atoms with Gasteiger partial charge in [-0.15, -0.1) is 0 Å². The lowest BCUT2D eigenvalue weighted by Gasteiger charge is -2.16. The Morgan fingerprint density at radius 1 is 1.28 bits per heavy atom. The Morgan fingerprint density at radius 2 is 1.83 bits per heavy atom. The van der Waals surface area contributed by atoms with Crippen LogP contribution in [0.4, 0.5) is 0 Å². The summed E-state index contributed by atoms with van der Waals surface area (Å²) < 4.78 is 11.9. The zero-order chi connectivity index (χ0) is 14.1. The molecule has 0 heterocycles. The number of halogens is 1. The van der Waals surface area contributed by atoms with Crippen LogP contribution >= 0.6 is 38.1 Å². The van der Waals surface area contributed by atoms with Gasteiger partial charge in [0.2, 0.25) is 0 Å². The lowest BCUT2D eigenvalue weighted by Crippen LogP contribution is -2.16. The highest BCUT2D eigenvalue weighted by molar-refractivity contribution is 14.1. The largest absolute Gasteiger partial charge is 0.479 e. The Morgan fingerprint density at radius 3 is 2.22 bits per heavy atom. The number of hydrogen-bond acceptors (Lipinski definition) is 5. The summed E-state index contributed by atoms with van der Waals surface area (Å²) in [7, 11) is -9.95. The minimum atomic E-state index is -4.98. The van der Waals surface area contributed by atoms with Gasteiger partial charge in [0.1, 0.15) is 0 Å². The van der Waals surface area contributed by atoms with E-state index in [0.717, 1.165) is 0 Å². The van der Waals surface area contributed by atoms with Crippen molar-refractivity contribution in [2.75, 3.05) is 0 Å². The lowest BCUT2D eigenvalue weighted by atomic mass is 10.2. The molecule has 0 aromatic heterocycles. The number of benzene rings is 1. The molecule has 0 aliphatic carbocycles. The molecule has 18 heavy (non-hydrogen) atoms. The average Bonchev–Trinajstić information content (AvgIpc) is 2.13. The van der Waals surface area contributed by atoms with Crippen molar-refractivity contribution in [2.24, 2.45) is 0 Å². The Hall–Kier alpha value is 0.0800. The maximum atomic E-state index is 11.5. The number of carbonyl (C=O) groups is 1. The van der Waals surface area contributed by atoms with Crippen LogP contribution in [-0.2, 0) is 9.36 Å². The molecule has 1 atom stereocenters. The smallest absolute Gasteiger partial charge is 0.324 e. The Balaban J connectivity index is 3.33. The maximum Gasteiger partial charge on any atom is 0.479 e. The fourth-order valence-electron chi connectivity index (χ4n) is 1.32. The monoisotopic (exact) mass is 407 g/mol. The fraction of sp³-hybridized carbons (Fsp3) is 0.125. The van der Waals surface area contributed by atoms with Crippen LogP contribution in [-0.4, -0.2) is 30.0 Å². The first-order chi connectivity index (χ1) is 8.03. The first kappa shape index (κ1) is 16.1. The van der Waals surface area contributed by atoms with Gasteiger partial charge in [0.25, 0.3) is 0 Å². The van der Waals surface area contributed by atoms with Crippen molar-refractivity contribution in [3.63, 3.8) is 0 Å². The number of hydrogen-bond donors (Lipinski definition) is 5. The van der Waals surface area contributed by atoms with Gasteiger partial charge < -0.3 is 9.79 Å². The molecule has 1 aromatic carbocycles. The molecule has 0 aliphatic rings. The van der Waals surface area contributed by atoms with Crippen LogP contribution in [0.1, 0.15) is 11.2 Å². The Kier molecular flexibility index (Phi) is 5.02. The van der Waals surface area contributed by atoms with Crippen LogP contribution in [0, 0.1) is 3.57 Å². The quantitative estimate of drug-likeness (QED) is 0.368. The molecular formula is C8H10IO7P2+. The van der Waals surface area contributed by atoms with E-state index in [-0.39, 0.29) is 5.56 Å². The van der Waals surface area contributed by atoms with E-state index >= 15 is 0 Å². The highest BCUT2D eigenvalue weighted by atomic mass is 127. The van der Waals surface area contributed by atoms with Gasteiger partial charge in [-0.05, 0) is 40.3 Å². The van der Waals surface area contributed by atoms with Crippen molar-refractivity contribution in [3.8, 4) is 0 Å². The molecular weight excluding hydrogens is 397 g/mol. The molecule has 100 valence electrons. The van der Waals surface area contributed by atoms with Crippen LogP contribution in [0.5, 0.6) is 0 Å². The maximum absolute atomic E-state index is 11.5. The van der Waals surface area contributed by atoms with Crippen LogP contribution in [0.25, 0.3) is 0 Å². The Bertz CT molecular complexity index is 506. The second kappa shape index (κ2) is 5.60. The molecule has 1 aromatic rings. The molecule has 0 bridgehead atoms. The molecule has 0 amide bonds. The fourth-order valence-corrected chi connectivity index (χ4v) is 4.12. The van der Waals surface area contributed by atoms with E-state index < -0.39 is 26.7 Å². The van der Waals surface area contributed by atoms with E-state index in [1.54, 1.807) is 6.07 Å².